The molecule has 1 N–H and O–H groups in total. The number of rotatable bonds is 7. The van der Waals surface area contributed by atoms with Crippen molar-refractivity contribution in [1.29, 1.82) is 0 Å². The Labute approximate surface area is 152 Å². The molecule has 1 aliphatic rings. The Morgan fingerprint density at radius 3 is 3.23 bits per heavy atom. The number of nitrogens with one attached hydrogen (secondary N) is 1. The summed E-state index contributed by atoms with van der Waals surface area (Å²) in [5.41, 5.74) is 0.816. The summed E-state index contributed by atoms with van der Waals surface area (Å²) in [7, 11) is 2.08. The zero-order valence-corrected chi connectivity index (χ0v) is 15.1. The molecule has 1 amide bonds. The summed E-state index contributed by atoms with van der Waals surface area (Å²) >= 11 is 0. The highest BCUT2D eigenvalue weighted by Gasteiger charge is 2.17. The van der Waals surface area contributed by atoms with Gasteiger partial charge in [0.15, 0.2) is 0 Å². The molecule has 26 heavy (non-hydrogen) atoms. The fraction of sp³-hybridized carbons (Fsp3) is 0.556. The van der Waals surface area contributed by atoms with Crippen LogP contribution in [0.4, 0.5) is 0 Å². The number of amides is 1. The van der Waals surface area contributed by atoms with E-state index in [4.69, 9.17) is 9.26 Å². The van der Waals surface area contributed by atoms with E-state index >= 15 is 0 Å². The molecular formula is C18H25N5O3. The van der Waals surface area contributed by atoms with E-state index in [-0.39, 0.29) is 5.91 Å². The molecule has 3 heterocycles. The molecule has 1 atom stereocenters. The minimum absolute atomic E-state index is 0.0453. The minimum atomic E-state index is 0.0453. The van der Waals surface area contributed by atoms with Gasteiger partial charge in [-0.3, -0.25) is 9.78 Å². The van der Waals surface area contributed by atoms with Gasteiger partial charge in [0.25, 0.3) is 0 Å². The van der Waals surface area contributed by atoms with Crippen LogP contribution in [0.15, 0.2) is 29.0 Å². The van der Waals surface area contributed by atoms with Crippen LogP contribution in [-0.4, -0.2) is 65.8 Å². The van der Waals surface area contributed by atoms with Crippen LogP contribution in [0, 0.1) is 5.92 Å². The second-order valence-electron chi connectivity index (χ2n) is 6.61. The molecule has 0 saturated carbocycles. The number of aromatic nitrogens is 3. The summed E-state index contributed by atoms with van der Waals surface area (Å²) in [5, 5.41) is 6.95. The van der Waals surface area contributed by atoms with E-state index in [0.717, 1.165) is 25.3 Å². The first-order valence-corrected chi connectivity index (χ1v) is 8.96. The third kappa shape index (κ3) is 5.60. The fourth-order valence-corrected chi connectivity index (χ4v) is 2.89. The average molecular weight is 359 g/mol. The second-order valence-corrected chi connectivity index (χ2v) is 6.61. The first-order valence-electron chi connectivity index (χ1n) is 8.96. The number of likely N-dealkylation sites (N-methyl/N-ethyl adjacent to an activating group) is 1. The van der Waals surface area contributed by atoms with Crippen molar-refractivity contribution >= 4 is 5.91 Å². The van der Waals surface area contributed by atoms with Crippen LogP contribution in [0.1, 0.15) is 18.7 Å². The number of ether oxygens (including phenoxy) is 1. The van der Waals surface area contributed by atoms with Crippen LogP contribution in [0.3, 0.4) is 0 Å². The zero-order chi connectivity index (χ0) is 18.2. The largest absolute Gasteiger partial charge is 0.380 e. The number of carbonyl (C=O) groups excluding carboxylic acids is 1. The summed E-state index contributed by atoms with van der Waals surface area (Å²) < 4.78 is 10.8. The van der Waals surface area contributed by atoms with Crippen molar-refractivity contribution < 1.29 is 14.1 Å². The highest BCUT2D eigenvalue weighted by Crippen LogP contribution is 2.14. The SMILES string of the molecule is CN1CCOC[C@@H](CNC(=O)CCCc2nc(-c3cccnc3)no2)C1. The molecule has 1 aliphatic heterocycles. The molecule has 2 aromatic rings. The predicted molar refractivity (Wildman–Crippen MR) is 95.3 cm³/mol. The lowest BCUT2D eigenvalue weighted by atomic mass is 10.1. The lowest BCUT2D eigenvalue weighted by Crippen LogP contribution is -2.35. The Morgan fingerprint density at radius 2 is 2.38 bits per heavy atom. The van der Waals surface area contributed by atoms with Gasteiger partial charge in [-0.25, -0.2) is 0 Å². The van der Waals surface area contributed by atoms with Gasteiger partial charge in [0.05, 0.1) is 13.2 Å². The van der Waals surface area contributed by atoms with Crippen LogP contribution in [-0.2, 0) is 16.0 Å². The third-order valence-electron chi connectivity index (χ3n) is 4.31. The molecule has 8 nitrogen and oxygen atoms in total. The fourth-order valence-electron chi connectivity index (χ4n) is 2.89. The van der Waals surface area contributed by atoms with Crippen molar-refractivity contribution in [3.8, 4) is 11.4 Å². The third-order valence-corrected chi connectivity index (χ3v) is 4.31. The smallest absolute Gasteiger partial charge is 0.226 e. The lowest BCUT2D eigenvalue weighted by molar-refractivity contribution is -0.121. The van der Waals surface area contributed by atoms with Gasteiger partial charge in [-0.1, -0.05) is 5.16 Å². The number of carbonyl (C=O) groups is 1. The van der Waals surface area contributed by atoms with Gasteiger partial charge in [-0.15, -0.1) is 0 Å². The van der Waals surface area contributed by atoms with Crippen molar-refractivity contribution in [2.45, 2.75) is 19.3 Å². The minimum Gasteiger partial charge on any atom is -0.380 e. The van der Waals surface area contributed by atoms with E-state index in [1.165, 1.54) is 0 Å². The molecular weight excluding hydrogens is 334 g/mol. The van der Waals surface area contributed by atoms with Crippen molar-refractivity contribution in [3.05, 3.63) is 30.4 Å². The van der Waals surface area contributed by atoms with Crippen molar-refractivity contribution in [3.63, 3.8) is 0 Å². The van der Waals surface area contributed by atoms with E-state index in [1.807, 2.05) is 12.1 Å². The van der Waals surface area contributed by atoms with Crippen LogP contribution in [0.2, 0.25) is 0 Å². The average Bonchev–Trinajstić information content (AvgIpc) is 3.02. The topological polar surface area (TPSA) is 93.4 Å². The molecule has 0 aliphatic carbocycles. The number of hydrogen-bond acceptors (Lipinski definition) is 7. The number of hydrogen-bond donors (Lipinski definition) is 1. The van der Waals surface area contributed by atoms with E-state index in [9.17, 15) is 4.79 Å². The summed E-state index contributed by atoms with van der Waals surface area (Å²) in [6, 6.07) is 3.70. The van der Waals surface area contributed by atoms with E-state index in [0.29, 0.717) is 50.0 Å². The monoisotopic (exact) mass is 359 g/mol. The van der Waals surface area contributed by atoms with Gasteiger partial charge in [-0.2, -0.15) is 4.98 Å². The molecule has 1 fully saturated rings. The quantitative estimate of drug-likeness (QED) is 0.792. The number of pyridine rings is 1. The molecule has 140 valence electrons. The van der Waals surface area contributed by atoms with Gasteiger partial charge in [0, 0.05) is 56.4 Å². The molecule has 8 heteroatoms. The number of nitrogens with zero attached hydrogens (tertiary/aromatic N) is 4. The standard InChI is InChI=1S/C18H25N5O3/c1-23-8-9-25-13-14(12-23)10-20-16(24)5-2-6-17-21-18(22-26-17)15-4-3-7-19-11-15/h3-4,7,11,14H,2,5-6,8-10,12-13H2,1H3,(H,20,24)/t14-/m0/s1. The summed E-state index contributed by atoms with van der Waals surface area (Å²) in [6.07, 6.45) is 5.07. The van der Waals surface area contributed by atoms with E-state index in [2.05, 4.69) is 32.4 Å². The predicted octanol–water partition coefficient (Wildman–Crippen LogP) is 1.15. The van der Waals surface area contributed by atoms with E-state index < -0.39 is 0 Å². The zero-order valence-electron chi connectivity index (χ0n) is 15.1. The maximum Gasteiger partial charge on any atom is 0.226 e. The van der Waals surface area contributed by atoms with Gasteiger partial charge in [0.2, 0.25) is 17.6 Å². The van der Waals surface area contributed by atoms with Gasteiger partial charge >= 0.3 is 0 Å². The maximum absolute atomic E-state index is 12.0. The first-order chi connectivity index (χ1) is 12.7. The molecule has 0 unspecified atom stereocenters. The Kier molecular flexibility index (Phi) is 6.68. The molecule has 1 saturated heterocycles. The van der Waals surface area contributed by atoms with Gasteiger partial charge in [0.1, 0.15) is 0 Å². The highest BCUT2D eigenvalue weighted by atomic mass is 16.5. The molecule has 3 rings (SSSR count). The molecule has 0 bridgehead atoms. The van der Waals surface area contributed by atoms with Crippen molar-refractivity contribution in [2.75, 3.05) is 39.9 Å². The van der Waals surface area contributed by atoms with Crippen LogP contribution >= 0.6 is 0 Å². The summed E-state index contributed by atoms with van der Waals surface area (Å²) in [4.78, 5) is 22.6. The first kappa shape index (κ1) is 18.5. The Bertz CT molecular complexity index is 691. The van der Waals surface area contributed by atoms with Gasteiger partial charge in [-0.05, 0) is 25.6 Å². The van der Waals surface area contributed by atoms with Crippen LogP contribution < -0.4 is 5.32 Å². The van der Waals surface area contributed by atoms with Gasteiger partial charge < -0.3 is 19.5 Å². The molecule has 2 aromatic heterocycles. The Balaban J connectivity index is 1.37. The molecule has 0 spiro atoms. The molecule has 0 aromatic carbocycles. The Morgan fingerprint density at radius 1 is 1.46 bits per heavy atom. The van der Waals surface area contributed by atoms with Crippen LogP contribution in [0.25, 0.3) is 11.4 Å². The lowest BCUT2D eigenvalue weighted by Gasteiger charge is -2.19. The normalized spacial score (nSPS) is 18.4. The maximum atomic E-state index is 12.0. The number of aryl methyl sites for hydroxylation is 1. The summed E-state index contributed by atoms with van der Waals surface area (Å²) in [5.74, 6) is 1.44. The van der Waals surface area contributed by atoms with Crippen LogP contribution in [0.5, 0.6) is 0 Å². The molecule has 0 radical (unpaired) electrons. The second kappa shape index (κ2) is 9.40. The highest BCUT2D eigenvalue weighted by molar-refractivity contribution is 5.75. The van der Waals surface area contributed by atoms with Crippen molar-refractivity contribution in [2.24, 2.45) is 5.92 Å². The Hall–Kier alpha value is -2.32. The van der Waals surface area contributed by atoms with Crippen molar-refractivity contribution in [1.82, 2.24) is 25.3 Å². The summed E-state index contributed by atoms with van der Waals surface area (Å²) in [6.45, 7) is 3.99. The van der Waals surface area contributed by atoms with E-state index in [1.54, 1.807) is 12.4 Å².